The highest BCUT2D eigenvalue weighted by molar-refractivity contribution is 7.07. The van der Waals surface area contributed by atoms with Gasteiger partial charge in [-0.05, 0) is 36.8 Å². The lowest BCUT2D eigenvalue weighted by atomic mass is 9.38. The molecule has 5 rings (SSSR count). The summed E-state index contributed by atoms with van der Waals surface area (Å²) < 4.78 is 18.7. The number of nitrogens with one attached hydrogen (secondary N) is 1. The molecular weight excluding hydrogens is 379 g/mol. The molecule has 1 amide bonds. The first kappa shape index (κ1) is 17.4. The highest BCUT2D eigenvalue weighted by atomic mass is 35.5. The molecule has 2 aromatic rings. The Hall–Kier alpha value is -1.99. The summed E-state index contributed by atoms with van der Waals surface area (Å²) in [5, 5.41) is 4.77. The second-order valence-electron chi connectivity index (χ2n) is 7.22. The highest BCUT2D eigenvalue weighted by Gasteiger charge is 2.68. The lowest BCUT2D eigenvalue weighted by Gasteiger charge is -2.70. The van der Waals surface area contributed by atoms with Gasteiger partial charge in [0.25, 0.3) is 5.91 Å². The van der Waals surface area contributed by atoms with Crippen LogP contribution in [-0.4, -0.2) is 28.8 Å². The standard InChI is InChI=1S/C18H16ClFN2O3S/c19-13-2-1-12(3-14(13)20)25-5-11(23)4-17-7-18(8-17,9-17)22-16(24)15-6-26-10-21-15/h1-3,6,10H,4-5,7-9H2,(H,22,24). The van der Waals surface area contributed by atoms with Gasteiger partial charge in [0.05, 0.1) is 10.5 Å². The zero-order valence-electron chi connectivity index (χ0n) is 13.8. The molecule has 3 fully saturated rings. The number of benzene rings is 1. The summed E-state index contributed by atoms with van der Waals surface area (Å²) in [6.07, 6.45) is 2.82. The summed E-state index contributed by atoms with van der Waals surface area (Å²) in [6.45, 7) is -0.0962. The maximum Gasteiger partial charge on any atom is 0.271 e. The number of ether oxygens (including phenoxy) is 1. The number of Topliss-reactive ketones (excluding diaryl/α,β-unsaturated/α-hetero) is 1. The topological polar surface area (TPSA) is 68.3 Å². The summed E-state index contributed by atoms with van der Waals surface area (Å²) in [5.74, 6) is -0.475. The molecule has 2 bridgehead atoms. The monoisotopic (exact) mass is 394 g/mol. The number of nitrogens with zero attached hydrogens (tertiary/aromatic N) is 1. The van der Waals surface area contributed by atoms with E-state index in [1.165, 1.54) is 29.5 Å². The van der Waals surface area contributed by atoms with Crippen molar-refractivity contribution in [3.63, 3.8) is 0 Å². The summed E-state index contributed by atoms with van der Waals surface area (Å²) in [4.78, 5) is 28.3. The smallest absolute Gasteiger partial charge is 0.271 e. The molecule has 5 nitrogen and oxygen atoms in total. The van der Waals surface area contributed by atoms with Crippen LogP contribution in [0.1, 0.15) is 36.2 Å². The third kappa shape index (κ3) is 3.21. The van der Waals surface area contributed by atoms with Crippen molar-refractivity contribution >= 4 is 34.6 Å². The van der Waals surface area contributed by atoms with Gasteiger partial charge < -0.3 is 10.1 Å². The predicted molar refractivity (Wildman–Crippen MR) is 95.1 cm³/mol. The summed E-state index contributed by atoms with van der Waals surface area (Å²) in [6, 6.07) is 4.09. The van der Waals surface area contributed by atoms with E-state index in [1.807, 2.05) is 0 Å². The molecule has 8 heteroatoms. The fraction of sp³-hybridized carbons (Fsp3) is 0.389. The molecule has 0 spiro atoms. The minimum atomic E-state index is -0.575. The van der Waals surface area contributed by atoms with E-state index >= 15 is 0 Å². The Balaban J connectivity index is 1.23. The van der Waals surface area contributed by atoms with Crippen molar-refractivity contribution in [2.24, 2.45) is 5.41 Å². The summed E-state index contributed by atoms with van der Waals surface area (Å²) in [5.41, 5.74) is 1.86. The number of carbonyl (C=O) groups is 2. The number of hydrogen-bond acceptors (Lipinski definition) is 5. The lowest BCUT2D eigenvalue weighted by molar-refractivity contribution is -0.162. The molecule has 26 heavy (non-hydrogen) atoms. The van der Waals surface area contributed by atoms with Crippen molar-refractivity contribution in [2.45, 2.75) is 31.2 Å². The van der Waals surface area contributed by atoms with Crippen LogP contribution in [0.3, 0.4) is 0 Å². The van der Waals surface area contributed by atoms with Gasteiger partial charge in [-0.25, -0.2) is 9.37 Å². The van der Waals surface area contributed by atoms with Crippen LogP contribution in [0.5, 0.6) is 5.75 Å². The zero-order valence-corrected chi connectivity index (χ0v) is 15.3. The van der Waals surface area contributed by atoms with Gasteiger partial charge in [-0.3, -0.25) is 9.59 Å². The molecule has 3 saturated carbocycles. The lowest BCUT2D eigenvalue weighted by Crippen LogP contribution is -2.75. The van der Waals surface area contributed by atoms with Gasteiger partial charge in [-0.1, -0.05) is 11.6 Å². The molecule has 1 aromatic heterocycles. The van der Waals surface area contributed by atoms with Crippen molar-refractivity contribution in [2.75, 3.05) is 6.61 Å². The van der Waals surface area contributed by atoms with Crippen LogP contribution in [0.15, 0.2) is 29.1 Å². The molecule has 0 radical (unpaired) electrons. The first-order chi connectivity index (χ1) is 12.4. The van der Waals surface area contributed by atoms with Crippen molar-refractivity contribution in [1.82, 2.24) is 10.3 Å². The number of carbonyl (C=O) groups excluding carboxylic acids is 2. The van der Waals surface area contributed by atoms with Gasteiger partial charge in [0.15, 0.2) is 5.78 Å². The van der Waals surface area contributed by atoms with Crippen LogP contribution in [0.4, 0.5) is 4.39 Å². The van der Waals surface area contributed by atoms with E-state index in [0.29, 0.717) is 12.1 Å². The number of hydrogen-bond donors (Lipinski definition) is 1. The Bertz CT molecular complexity index is 852. The predicted octanol–water partition coefficient (Wildman–Crippen LogP) is 3.63. The summed E-state index contributed by atoms with van der Waals surface area (Å²) in [7, 11) is 0. The third-order valence-electron chi connectivity index (χ3n) is 5.05. The second kappa shape index (κ2) is 6.32. The molecular formula is C18H16ClFN2O3S. The fourth-order valence-electron chi connectivity index (χ4n) is 4.15. The van der Waals surface area contributed by atoms with E-state index in [1.54, 1.807) is 10.9 Å². The molecule has 3 aliphatic rings. The van der Waals surface area contributed by atoms with Crippen LogP contribution in [0.25, 0.3) is 0 Å². The second-order valence-corrected chi connectivity index (χ2v) is 8.34. The Labute approximate surface area is 158 Å². The maximum atomic E-state index is 13.4. The van der Waals surface area contributed by atoms with E-state index in [9.17, 15) is 14.0 Å². The first-order valence-corrected chi connectivity index (χ1v) is 9.51. The van der Waals surface area contributed by atoms with Gasteiger partial charge in [0.2, 0.25) is 0 Å². The minimum Gasteiger partial charge on any atom is -0.486 e. The van der Waals surface area contributed by atoms with E-state index in [-0.39, 0.29) is 40.0 Å². The molecule has 1 heterocycles. The molecule has 0 unspecified atom stereocenters. The molecule has 1 N–H and O–H groups in total. The summed E-state index contributed by atoms with van der Waals surface area (Å²) >= 11 is 7.00. The SMILES string of the molecule is O=C(COc1ccc(Cl)c(F)c1)CC12CC(NC(=O)c3cscn3)(C1)C2. The molecule has 0 saturated heterocycles. The first-order valence-electron chi connectivity index (χ1n) is 8.19. The van der Waals surface area contributed by atoms with Gasteiger partial charge in [-0.2, -0.15) is 0 Å². The van der Waals surface area contributed by atoms with Crippen molar-refractivity contribution in [1.29, 1.82) is 0 Å². The van der Waals surface area contributed by atoms with Crippen molar-refractivity contribution in [3.05, 3.63) is 45.6 Å². The Kier molecular flexibility index (Phi) is 4.23. The van der Waals surface area contributed by atoms with Gasteiger partial charge >= 0.3 is 0 Å². The van der Waals surface area contributed by atoms with Crippen LogP contribution in [-0.2, 0) is 4.79 Å². The van der Waals surface area contributed by atoms with E-state index in [2.05, 4.69) is 10.3 Å². The van der Waals surface area contributed by atoms with E-state index in [0.717, 1.165) is 19.3 Å². The maximum absolute atomic E-state index is 13.4. The molecule has 0 aliphatic heterocycles. The fourth-order valence-corrected chi connectivity index (χ4v) is 4.80. The number of rotatable bonds is 7. The largest absolute Gasteiger partial charge is 0.486 e. The van der Waals surface area contributed by atoms with Gasteiger partial charge in [0, 0.05) is 23.4 Å². The minimum absolute atomic E-state index is 0.0162. The quantitative estimate of drug-likeness (QED) is 0.778. The molecule has 0 atom stereocenters. The molecule has 1 aromatic carbocycles. The van der Waals surface area contributed by atoms with E-state index < -0.39 is 5.82 Å². The average Bonchev–Trinajstić information content (AvgIpc) is 3.07. The number of aromatic nitrogens is 1. The van der Waals surface area contributed by atoms with Crippen LogP contribution >= 0.6 is 22.9 Å². The normalized spacial score (nSPS) is 25.8. The Morgan fingerprint density at radius 1 is 1.35 bits per heavy atom. The highest BCUT2D eigenvalue weighted by Crippen LogP contribution is 2.69. The number of halogens is 2. The van der Waals surface area contributed by atoms with Gasteiger partial charge in [0.1, 0.15) is 23.9 Å². The molecule has 136 valence electrons. The van der Waals surface area contributed by atoms with E-state index in [4.69, 9.17) is 16.3 Å². The Morgan fingerprint density at radius 2 is 2.12 bits per heavy atom. The number of thiazole rings is 1. The zero-order chi connectivity index (χ0) is 18.4. The number of ketones is 1. The van der Waals surface area contributed by atoms with Crippen LogP contribution in [0, 0.1) is 11.2 Å². The van der Waals surface area contributed by atoms with Crippen molar-refractivity contribution in [3.8, 4) is 5.75 Å². The van der Waals surface area contributed by atoms with Crippen LogP contribution in [0.2, 0.25) is 5.02 Å². The number of amides is 1. The van der Waals surface area contributed by atoms with Gasteiger partial charge in [-0.15, -0.1) is 11.3 Å². The third-order valence-corrected chi connectivity index (χ3v) is 5.94. The van der Waals surface area contributed by atoms with Crippen molar-refractivity contribution < 1.29 is 18.7 Å². The molecule has 3 aliphatic carbocycles. The average molecular weight is 395 g/mol. The Morgan fingerprint density at radius 3 is 2.77 bits per heavy atom. The van der Waals surface area contributed by atoms with Crippen LogP contribution < -0.4 is 10.1 Å².